The number of benzene rings is 1. The molecule has 6 nitrogen and oxygen atoms in total. The third kappa shape index (κ3) is 5.91. The highest BCUT2D eigenvalue weighted by Crippen LogP contribution is 2.37. The Morgan fingerprint density at radius 1 is 1.30 bits per heavy atom. The monoisotopic (exact) mass is 415 g/mol. The number of amides is 1. The second-order valence-corrected chi connectivity index (χ2v) is 7.62. The van der Waals surface area contributed by atoms with Crippen LogP contribution in [-0.4, -0.2) is 56.0 Å². The second kappa shape index (κ2) is 11.0. The summed E-state index contributed by atoms with van der Waals surface area (Å²) in [7, 11) is 0. The molecular formula is C19H30ClN3O3S. The first-order valence-corrected chi connectivity index (χ1v) is 10.6. The number of piperidine rings is 1. The molecule has 27 heavy (non-hydrogen) atoms. The molecule has 2 aliphatic heterocycles. The zero-order valence-electron chi connectivity index (χ0n) is 15.9. The molecular weight excluding hydrogens is 386 g/mol. The highest BCUT2D eigenvalue weighted by atomic mass is 35.5. The van der Waals surface area contributed by atoms with Gasteiger partial charge < -0.3 is 20.5 Å². The summed E-state index contributed by atoms with van der Waals surface area (Å²) in [5, 5.41) is 3.04. The number of nitrogens with zero attached hydrogens (tertiary/aromatic N) is 1. The minimum absolute atomic E-state index is 0. The van der Waals surface area contributed by atoms with E-state index in [1.807, 2.05) is 0 Å². The lowest BCUT2D eigenvalue weighted by molar-refractivity contribution is -0.121. The molecule has 3 N–H and O–H groups in total. The van der Waals surface area contributed by atoms with Crippen LogP contribution in [0.25, 0.3) is 0 Å². The van der Waals surface area contributed by atoms with Gasteiger partial charge in [-0.15, -0.1) is 24.2 Å². The molecule has 1 fully saturated rings. The Morgan fingerprint density at radius 3 is 2.74 bits per heavy atom. The van der Waals surface area contributed by atoms with Crippen molar-refractivity contribution in [2.45, 2.75) is 43.2 Å². The first-order chi connectivity index (χ1) is 12.7. The maximum Gasteiger partial charge on any atom is 0.221 e. The van der Waals surface area contributed by atoms with Crippen LogP contribution in [0.5, 0.6) is 11.5 Å². The Labute approximate surface area is 171 Å². The van der Waals surface area contributed by atoms with Crippen LogP contribution in [-0.2, 0) is 11.3 Å². The van der Waals surface area contributed by atoms with Crippen LogP contribution >= 0.6 is 24.2 Å². The van der Waals surface area contributed by atoms with Crippen LogP contribution in [0.3, 0.4) is 0 Å². The summed E-state index contributed by atoms with van der Waals surface area (Å²) in [4.78, 5) is 15.5. The minimum atomic E-state index is 0. The van der Waals surface area contributed by atoms with Crippen LogP contribution in [0.15, 0.2) is 17.0 Å². The SMILES string of the molecule is CSc1cc2c(cc1CN1CCCCC1CNC(=O)CCN)OCCO2.Cl. The van der Waals surface area contributed by atoms with Crippen LogP contribution in [0, 0.1) is 0 Å². The zero-order valence-corrected chi connectivity index (χ0v) is 17.5. The average Bonchev–Trinajstić information content (AvgIpc) is 2.67. The Hall–Kier alpha value is -1.15. The zero-order chi connectivity index (χ0) is 18.4. The van der Waals surface area contributed by atoms with E-state index >= 15 is 0 Å². The molecule has 1 unspecified atom stereocenters. The van der Waals surface area contributed by atoms with Gasteiger partial charge in [0.05, 0.1) is 0 Å². The first kappa shape index (κ1) is 22.1. The smallest absolute Gasteiger partial charge is 0.221 e. The summed E-state index contributed by atoms with van der Waals surface area (Å²) in [6.07, 6.45) is 6.01. The van der Waals surface area contributed by atoms with E-state index in [1.165, 1.54) is 23.3 Å². The standard InChI is InChI=1S/C19H29N3O3S.ClH/c1-26-18-11-17-16(24-8-9-25-17)10-14(18)13-22-7-3-2-4-15(22)12-21-19(23)5-6-20;/h10-11,15H,2-9,12-13,20H2,1H3,(H,21,23);1H. The van der Waals surface area contributed by atoms with E-state index in [2.05, 4.69) is 28.6 Å². The van der Waals surface area contributed by atoms with E-state index in [-0.39, 0.29) is 18.3 Å². The number of halogens is 1. The fraction of sp³-hybridized carbons (Fsp3) is 0.632. The summed E-state index contributed by atoms with van der Waals surface area (Å²) in [6, 6.07) is 4.59. The predicted octanol–water partition coefficient (Wildman–Crippen LogP) is 2.42. The van der Waals surface area contributed by atoms with Gasteiger partial charge in [-0.05, 0) is 43.3 Å². The molecule has 1 atom stereocenters. The summed E-state index contributed by atoms with van der Waals surface area (Å²) in [5.74, 6) is 1.73. The van der Waals surface area contributed by atoms with Gasteiger partial charge in [0.1, 0.15) is 13.2 Å². The van der Waals surface area contributed by atoms with E-state index in [0.717, 1.165) is 31.0 Å². The molecule has 0 bridgehead atoms. The van der Waals surface area contributed by atoms with Crippen molar-refractivity contribution in [3.63, 3.8) is 0 Å². The van der Waals surface area contributed by atoms with Gasteiger partial charge in [-0.1, -0.05) is 6.42 Å². The van der Waals surface area contributed by atoms with Crippen molar-refractivity contribution in [2.75, 3.05) is 39.1 Å². The van der Waals surface area contributed by atoms with Crippen molar-refractivity contribution in [1.29, 1.82) is 0 Å². The molecule has 0 saturated carbocycles. The Kier molecular flexibility index (Phi) is 9.02. The lowest BCUT2D eigenvalue weighted by Crippen LogP contribution is -2.46. The molecule has 1 amide bonds. The van der Waals surface area contributed by atoms with E-state index in [0.29, 0.717) is 38.8 Å². The Balaban J connectivity index is 0.00000261. The number of hydrogen-bond acceptors (Lipinski definition) is 6. The number of nitrogens with one attached hydrogen (secondary N) is 1. The van der Waals surface area contributed by atoms with Crippen molar-refractivity contribution in [3.8, 4) is 11.5 Å². The number of thioether (sulfide) groups is 1. The van der Waals surface area contributed by atoms with Gasteiger partial charge in [-0.25, -0.2) is 0 Å². The molecule has 1 aromatic rings. The maximum absolute atomic E-state index is 11.8. The lowest BCUT2D eigenvalue weighted by Gasteiger charge is -2.36. The Bertz CT molecular complexity index is 632. The fourth-order valence-electron chi connectivity index (χ4n) is 3.60. The third-order valence-corrected chi connectivity index (χ3v) is 5.79. The highest BCUT2D eigenvalue weighted by molar-refractivity contribution is 7.98. The van der Waals surface area contributed by atoms with Crippen molar-refractivity contribution in [3.05, 3.63) is 17.7 Å². The van der Waals surface area contributed by atoms with Crippen molar-refractivity contribution >= 4 is 30.1 Å². The van der Waals surface area contributed by atoms with Gasteiger partial charge in [-0.3, -0.25) is 9.69 Å². The number of likely N-dealkylation sites (tertiary alicyclic amines) is 1. The van der Waals surface area contributed by atoms with Gasteiger partial charge in [0, 0.05) is 37.0 Å². The number of nitrogens with two attached hydrogens (primary N) is 1. The number of ether oxygens (including phenoxy) is 2. The number of carbonyl (C=O) groups is 1. The normalized spacial score (nSPS) is 19.3. The predicted molar refractivity (Wildman–Crippen MR) is 111 cm³/mol. The number of rotatable bonds is 7. The quantitative estimate of drug-likeness (QED) is 0.666. The highest BCUT2D eigenvalue weighted by Gasteiger charge is 2.25. The van der Waals surface area contributed by atoms with E-state index < -0.39 is 0 Å². The molecule has 0 aromatic heterocycles. The topological polar surface area (TPSA) is 76.8 Å². The van der Waals surface area contributed by atoms with Crippen molar-refractivity contribution in [2.24, 2.45) is 5.73 Å². The summed E-state index contributed by atoms with van der Waals surface area (Å²) < 4.78 is 11.5. The molecule has 152 valence electrons. The van der Waals surface area contributed by atoms with E-state index in [1.54, 1.807) is 11.8 Å². The van der Waals surface area contributed by atoms with Gasteiger partial charge in [-0.2, -0.15) is 0 Å². The molecule has 0 radical (unpaired) electrons. The molecule has 0 spiro atoms. The number of carbonyl (C=O) groups excluding carboxylic acids is 1. The minimum Gasteiger partial charge on any atom is -0.486 e. The number of hydrogen-bond donors (Lipinski definition) is 2. The maximum atomic E-state index is 11.8. The molecule has 8 heteroatoms. The molecule has 1 saturated heterocycles. The van der Waals surface area contributed by atoms with E-state index in [4.69, 9.17) is 15.2 Å². The van der Waals surface area contributed by atoms with Gasteiger partial charge in [0.25, 0.3) is 0 Å². The van der Waals surface area contributed by atoms with Crippen molar-refractivity contribution in [1.82, 2.24) is 10.2 Å². The summed E-state index contributed by atoms with van der Waals surface area (Å²) in [5.41, 5.74) is 6.73. The van der Waals surface area contributed by atoms with Gasteiger partial charge in [0.2, 0.25) is 5.91 Å². The van der Waals surface area contributed by atoms with Gasteiger partial charge in [0.15, 0.2) is 11.5 Å². The largest absolute Gasteiger partial charge is 0.486 e. The fourth-order valence-corrected chi connectivity index (χ4v) is 4.21. The first-order valence-electron chi connectivity index (χ1n) is 9.38. The summed E-state index contributed by atoms with van der Waals surface area (Å²) in [6.45, 7) is 4.22. The van der Waals surface area contributed by atoms with Crippen LogP contribution in [0.4, 0.5) is 0 Å². The lowest BCUT2D eigenvalue weighted by atomic mass is 10.0. The molecule has 0 aliphatic carbocycles. The Morgan fingerprint density at radius 2 is 2.04 bits per heavy atom. The second-order valence-electron chi connectivity index (χ2n) is 6.77. The number of fused-ring (bicyclic) bond motifs is 1. The summed E-state index contributed by atoms with van der Waals surface area (Å²) >= 11 is 1.74. The van der Waals surface area contributed by atoms with Crippen LogP contribution < -0.4 is 20.5 Å². The molecule has 1 aromatic carbocycles. The van der Waals surface area contributed by atoms with E-state index in [9.17, 15) is 4.79 Å². The molecule has 2 heterocycles. The molecule has 3 rings (SSSR count). The molecule has 2 aliphatic rings. The third-order valence-electron chi connectivity index (χ3n) is 4.97. The van der Waals surface area contributed by atoms with Gasteiger partial charge >= 0.3 is 0 Å². The van der Waals surface area contributed by atoms with Crippen molar-refractivity contribution < 1.29 is 14.3 Å². The average molecular weight is 416 g/mol. The van der Waals surface area contributed by atoms with Crippen LogP contribution in [0.2, 0.25) is 0 Å². The van der Waals surface area contributed by atoms with Crippen LogP contribution in [0.1, 0.15) is 31.2 Å².